The van der Waals surface area contributed by atoms with Crippen LogP contribution in [0.5, 0.6) is 0 Å². The summed E-state index contributed by atoms with van der Waals surface area (Å²) in [5.41, 5.74) is 0.809. The Kier molecular flexibility index (Phi) is 4.89. The first-order valence-corrected chi connectivity index (χ1v) is 7.40. The topological polar surface area (TPSA) is 25.2 Å². The Morgan fingerprint density at radius 2 is 2.11 bits per heavy atom. The van der Waals surface area contributed by atoms with Crippen LogP contribution in [0.1, 0.15) is 33.0 Å². The van der Waals surface area contributed by atoms with Gasteiger partial charge in [0.25, 0.3) is 0 Å². The van der Waals surface area contributed by atoms with E-state index in [-0.39, 0.29) is 0 Å². The maximum absolute atomic E-state index is 6.13. The molecule has 1 unspecified atom stereocenters. The largest absolute Gasteiger partial charge is 0.460 e. The van der Waals surface area contributed by atoms with Crippen LogP contribution >= 0.6 is 11.6 Å². The normalized spacial score (nSPS) is 13.3. The first kappa shape index (κ1) is 14.4. The molecular formula is C16H22ClNO. The number of halogens is 1. The number of fused-ring (bicyclic) bond motifs is 1. The molecule has 0 bridgehead atoms. The molecule has 1 atom stereocenters. The molecule has 0 aliphatic rings. The first-order valence-electron chi connectivity index (χ1n) is 7.02. The summed E-state index contributed by atoms with van der Waals surface area (Å²) in [6, 6.07) is 8.50. The van der Waals surface area contributed by atoms with E-state index in [9.17, 15) is 0 Å². The summed E-state index contributed by atoms with van der Waals surface area (Å²) in [6.07, 6.45) is 2.03. The van der Waals surface area contributed by atoms with Crippen molar-refractivity contribution in [1.29, 1.82) is 0 Å². The molecule has 1 aromatic heterocycles. The summed E-state index contributed by atoms with van der Waals surface area (Å²) in [6.45, 7) is 7.66. The maximum Gasteiger partial charge on any atom is 0.152 e. The van der Waals surface area contributed by atoms with E-state index < -0.39 is 0 Å². The summed E-state index contributed by atoms with van der Waals surface area (Å²) in [4.78, 5) is 0. The third-order valence-electron chi connectivity index (χ3n) is 3.52. The van der Waals surface area contributed by atoms with Gasteiger partial charge >= 0.3 is 0 Å². The van der Waals surface area contributed by atoms with Gasteiger partial charge in [-0.3, -0.25) is 0 Å². The lowest BCUT2D eigenvalue weighted by Gasteiger charge is -2.21. The van der Waals surface area contributed by atoms with Gasteiger partial charge in [-0.15, -0.1) is 0 Å². The second-order valence-electron chi connectivity index (χ2n) is 5.32. The second kappa shape index (κ2) is 6.44. The average molecular weight is 280 g/mol. The number of nitrogens with one attached hydrogen (secondary N) is 1. The third kappa shape index (κ3) is 3.52. The molecule has 1 aromatic carbocycles. The van der Waals surface area contributed by atoms with E-state index >= 15 is 0 Å². The first-order chi connectivity index (χ1) is 9.11. The Morgan fingerprint density at radius 1 is 1.32 bits per heavy atom. The van der Waals surface area contributed by atoms with Gasteiger partial charge in [-0.05, 0) is 31.0 Å². The monoisotopic (exact) mass is 279 g/mol. The van der Waals surface area contributed by atoms with Crippen molar-refractivity contribution in [1.82, 2.24) is 5.32 Å². The van der Waals surface area contributed by atoms with Crippen LogP contribution in [0.25, 0.3) is 11.0 Å². The molecular weight excluding hydrogens is 258 g/mol. The number of hydrogen-bond donors (Lipinski definition) is 1. The molecule has 2 nitrogen and oxygen atoms in total. The molecule has 1 heterocycles. The number of hydrogen-bond acceptors (Lipinski definition) is 2. The van der Waals surface area contributed by atoms with Crippen LogP contribution in [-0.4, -0.2) is 12.6 Å². The van der Waals surface area contributed by atoms with Crippen molar-refractivity contribution in [3.8, 4) is 0 Å². The molecule has 19 heavy (non-hydrogen) atoms. The summed E-state index contributed by atoms with van der Waals surface area (Å²) < 4.78 is 5.85. The molecule has 2 rings (SSSR count). The lowest BCUT2D eigenvalue weighted by atomic mass is 9.98. The smallest absolute Gasteiger partial charge is 0.152 e. The van der Waals surface area contributed by atoms with E-state index in [0.717, 1.165) is 36.1 Å². The van der Waals surface area contributed by atoms with Gasteiger partial charge in [0.15, 0.2) is 5.58 Å². The lowest BCUT2D eigenvalue weighted by Crippen LogP contribution is -2.34. The van der Waals surface area contributed by atoms with E-state index in [1.54, 1.807) is 0 Å². The SMILES string of the molecule is CCNC(CCc1cc2cccc(Cl)c2o1)C(C)C. The highest BCUT2D eigenvalue weighted by atomic mass is 35.5. The summed E-state index contributed by atoms with van der Waals surface area (Å²) in [5.74, 6) is 1.65. The predicted molar refractivity (Wildman–Crippen MR) is 81.8 cm³/mol. The van der Waals surface area contributed by atoms with Crippen LogP contribution in [-0.2, 0) is 6.42 Å². The molecule has 0 aliphatic heterocycles. The Hall–Kier alpha value is -0.990. The Balaban J connectivity index is 2.07. The highest BCUT2D eigenvalue weighted by Gasteiger charge is 2.13. The molecule has 104 valence electrons. The zero-order valence-electron chi connectivity index (χ0n) is 11.9. The van der Waals surface area contributed by atoms with Crippen LogP contribution in [0.15, 0.2) is 28.7 Å². The number of benzene rings is 1. The van der Waals surface area contributed by atoms with Gasteiger partial charge in [-0.2, -0.15) is 0 Å². The van der Waals surface area contributed by atoms with Gasteiger partial charge < -0.3 is 9.73 Å². The van der Waals surface area contributed by atoms with Crippen molar-refractivity contribution in [3.05, 3.63) is 35.0 Å². The van der Waals surface area contributed by atoms with Gasteiger partial charge in [-0.25, -0.2) is 0 Å². The van der Waals surface area contributed by atoms with E-state index in [4.69, 9.17) is 16.0 Å². The van der Waals surface area contributed by atoms with Crippen LogP contribution in [0.2, 0.25) is 5.02 Å². The van der Waals surface area contributed by atoms with E-state index in [1.807, 2.05) is 18.2 Å². The van der Waals surface area contributed by atoms with Gasteiger partial charge in [0.2, 0.25) is 0 Å². The van der Waals surface area contributed by atoms with Crippen LogP contribution < -0.4 is 5.32 Å². The molecule has 0 fully saturated rings. The molecule has 2 aromatic rings. The van der Waals surface area contributed by atoms with E-state index in [0.29, 0.717) is 17.0 Å². The lowest BCUT2D eigenvalue weighted by molar-refractivity contribution is 0.374. The molecule has 0 aliphatic carbocycles. The molecule has 0 radical (unpaired) electrons. The average Bonchev–Trinajstić information content (AvgIpc) is 2.78. The highest BCUT2D eigenvalue weighted by molar-refractivity contribution is 6.34. The van der Waals surface area contributed by atoms with E-state index in [2.05, 4.69) is 32.2 Å². The standard InChI is InChI=1S/C16H22ClNO/c1-4-18-15(11(2)3)9-8-13-10-12-6-5-7-14(17)16(12)19-13/h5-7,10-11,15,18H,4,8-9H2,1-3H3. The minimum Gasteiger partial charge on any atom is -0.460 e. The summed E-state index contributed by atoms with van der Waals surface area (Å²) in [5, 5.41) is 5.31. The van der Waals surface area contributed by atoms with Crippen molar-refractivity contribution in [2.75, 3.05) is 6.54 Å². The fourth-order valence-corrected chi connectivity index (χ4v) is 2.66. The van der Waals surface area contributed by atoms with Crippen molar-refractivity contribution >= 4 is 22.6 Å². The molecule has 0 amide bonds. The quantitative estimate of drug-likeness (QED) is 0.832. The summed E-state index contributed by atoms with van der Waals surface area (Å²) in [7, 11) is 0. The molecule has 0 saturated heterocycles. The minimum absolute atomic E-state index is 0.536. The number of furan rings is 1. The fourth-order valence-electron chi connectivity index (χ4n) is 2.44. The van der Waals surface area contributed by atoms with Crippen LogP contribution in [0.4, 0.5) is 0 Å². The Bertz CT molecular complexity index is 533. The molecule has 3 heteroatoms. The van der Waals surface area contributed by atoms with Gasteiger partial charge in [-0.1, -0.05) is 44.5 Å². The Morgan fingerprint density at radius 3 is 2.74 bits per heavy atom. The number of para-hydroxylation sites is 1. The third-order valence-corrected chi connectivity index (χ3v) is 3.82. The van der Waals surface area contributed by atoms with Gasteiger partial charge in [0.1, 0.15) is 5.76 Å². The molecule has 0 spiro atoms. The van der Waals surface area contributed by atoms with Crippen LogP contribution in [0, 0.1) is 5.92 Å². The highest BCUT2D eigenvalue weighted by Crippen LogP contribution is 2.27. The predicted octanol–water partition coefficient (Wildman–Crippen LogP) is 4.65. The Labute approximate surface area is 120 Å². The van der Waals surface area contributed by atoms with Crippen LogP contribution in [0.3, 0.4) is 0 Å². The number of aryl methyl sites for hydroxylation is 1. The molecule has 0 saturated carbocycles. The second-order valence-corrected chi connectivity index (χ2v) is 5.72. The van der Waals surface area contributed by atoms with Gasteiger partial charge in [0.05, 0.1) is 5.02 Å². The number of rotatable bonds is 6. The zero-order valence-corrected chi connectivity index (χ0v) is 12.6. The van der Waals surface area contributed by atoms with Crippen molar-refractivity contribution < 1.29 is 4.42 Å². The fraction of sp³-hybridized carbons (Fsp3) is 0.500. The van der Waals surface area contributed by atoms with E-state index in [1.165, 1.54) is 0 Å². The van der Waals surface area contributed by atoms with Crippen molar-refractivity contribution in [2.24, 2.45) is 5.92 Å². The maximum atomic E-state index is 6.13. The minimum atomic E-state index is 0.536. The van der Waals surface area contributed by atoms with Crippen molar-refractivity contribution in [3.63, 3.8) is 0 Å². The van der Waals surface area contributed by atoms with Crippen molar-refractivity contribution in [2.45, 2.75) is 39.7 Å². The van der Waals surface area contributed by atoms with Gasteiger partial charge in [0, 0.05) is 17.8 Å². The summed E-state index contributed by atoms with van der Waals surface area (Å²) >= 11 is 6.13. The zero-order chi connectivity index (χ0) is 13.8. The molecule has 1 N–H and O–H groups in total.